The van der Waals surface area contributed by atoms with Crippen LogP contribution in [0.4, 0.5) is 11.4 Å². The van der Waals surface area contributed by atoms with Gasteiger partial charge in [0.1, 0.15) is 0 Å². The number of hydrogen-bond acceptors (Lipinski definition) is 2. The molecule has 1 spiro atoms. The third kappa shape index (κ3) is 2.87. The Kier molecular flexibility index (Phi) is 4.85. The molecule has 0 fully saturated rings. The molecular weight excluding hydrogens is 611 g/mol. The van der Waals surface area contributed by atoms with Crippen molar-refractivity contribution >= 4 is 77.3 Å². The summed E-state index contributed by atoms with van der Waals surface area (Å²) in [5.41, 5.74) is 2.89. The van der Waals surface area contributed by atoms with Crippen LogP contribution in [0, 0.1) is 0 Å². The van der Waals surface area contributed by atoms with Gasteiger partial charge in [-0.3, -0.25) is 0 Å². The standard InChI is InChI=1S/C26H16Br2N2O2Se/c27-17-9-13-19(14-10-17)29-25(31)21-5-1-3-7-23(21)33(29)24-8-4-2-6-22(24)26(32)30(33)20-15-11-18(28)12-16-20/h1-16H. The topological polar surface area (TPSA) is 40.6 Å². The Balaban J connectivity index is 1.74. The van der Waals surface area contributed by atoms with E-state index in [9.17, 15) is 9.59 Å². The van der Waals surface area contributed by atoms with Gasteiger partial charge in [0.2, 0.25) is 0 Å². The van der Waals surface area contributed by atoms with Gasteiger partial charge >= 0.3 is 212 Å². The molecular formula is C26H16Br2N2O2Se. The van der Waals surface area contributed by atoms with E-state index in [-0.39, 0.29) is 11.8 Å². The fourth-order valence-electron chi connectivity index (χ4n) is 4.53. The summed E-state index contributed by atoms with van der Waals surface area (Å²) in [4.78, 5) is 28.0. The summed E-state index contributed by atoms with van der Waals surface area (Å²) in [6, 6.07) is 31.0. The average Bonchev–Trinajstić information content (AvgIpc) is 3.25. The van der Waals surface area contributed by atoms with E-state index in [1.165, 1.54) is 0 Å². The molecule has 6 rings (SSSR count). The van der Waals surface area contributed by atoms with Gasteiger partial charge in [-0.05, 0) is 0 Å². The van der Waals surface area contributed by atoms with Crippen LogP contribution < -0.4 is 16.8 Å². The second-order valence-corrected chi connectivity index (χ2v) is 15.2. The molecule has 33 heavy (non-hydrogen) atoms. The summed E-state index contributed by atoms with van der Waals surface area (Å²) in [5.74, 6) is -0.140. The zero-order valence-corrected chi connectivity index (χ0v) is 22.0. The Bertz CT molecular complexity index is 1330. The average molecular weight is 627 g/mol. The Hall–Kier alpha value is -2.70. The number of halogens is 2. The molecule has 0 radical (unpaired) electrons. The molecule has 2 aliphatic rings. The number of fused-ring (bicyclic) bond motifs is 4. The van der Waals surface area contributed by atoms with E-state index in [1.807, 2.05) is 105 Å². The summed E-state index contributed by atoms with van der Waals surface area (Å²) < 4.78 is 7.59. The molecule has 2 amide bonds. The molecule has 0 unspecified atom stereocenters. The predicted molar refractivity (Wildman–Crippen MR) is 140 cm³/mol. The number of amides is 2. The second-order valence-electron chi connectivity index (χ2n) is 7.69. The van der Waals surface area contributed by atoms with Crippen molar-refractivity contribution in [2.45, 2.75) is 0 Å². The van der Waals surface area contributed by atoms with Gasteiger partial charge in [-0.2, -0.15) is 0 Å². The van der Waals surface area contributed by atoms with E-state index < -0.39 is 13.3 Å². The number of carbonyl (C=O) groups excluding carboxylic acids is 2. The molecule has 7 heteroatoms. The zero-order chi connectivity index (χ0) is 22.7. The molecule has 0 atom stereocenters. The molecule has 0 bridgehead atoms. The molecule has 0 N–H and O–H groups in total. The number of carbonyl (C=O) groups is 2. The minimum absolute atomic E-state index is 0.0699. The summed E-state index contributed by atoms with van der Waals surface area (Å²) in [7, 11) is 0. The molecule has 0 saturated carbocycles. The second kappa shape index (κ2) is 7.67. The van der Waals surface area contributed by atoms with Gasteiger partial charge in [0.05, 0.1) is 0 Å². The number of nitrogens with zero attached hydrogens (tertiary/aromatic N) is 2. The molecule has 0 aliphatic carbocycles. The summed E-state index contributed by atoms with van der Waals surface area (Å²) in [5, 5.41) is 0. The van der Waals surface area contributed by atoms with Gasteiger partial charge in [0.15, 0.2) is 0 Å². The van der Waals surface area contributed by atoms with Crippen molar-refractivity contribution in [3.63, 3.8) is 0 Å². The van der Waals surface area contributed by atoms with E-state index in [4.69, 9.17) is 0 Å². The maximum atomic E-state index is 14.0. The fraction of sp³-hybridized carbons (Fsp3) is 0. The number of anilines is 2. The van der Waals surface area contributed by atoms with Gasteiger partial charge in [-0.15, -0.1) is 0 Å². The van der Waals surface area contributed by atoms with Crippen LogP contribution in [0.25, 0.3) is 0 Å². The van der Waals surface area contributed by atoms with E-state index in [0.717, 1.165) is 29.2 Å². The van der Waals surface area contributed by atoms with Gasteiger partial charge in [0.25, 0.3) is 0 Å². The first-order chi connectivity index (χ1) is 16.0. The maximum absolute atomic E-state index is 14.0. The van der Waals surface area contributed by atoms with Crippen molar-refractivity contribution in [2.75, 3.05) is 7.83 Å². The zero-order valence-electron chi connectivity index (χ0n) is 17.1. The van der Waals surface area contributed by atoms with Crippen molar-refractivity contribution in [1.29, 1.82) is 0 Å². The van der Waals surface area contributed by atoms with Crippen molar-refractivity contribution in [3.8, 4) is 0 Å². The molecule has 162 valence electrons. The number of hydrogen-bond donors (Lipinski definition) is 0. The molecule has 4 aromatic carbocycles. The van der Waals surface area contributed by atoms with Gasteiger partial charge in [0, 0.05) is 0 Å². The van der Waals surface area contributed by atoms with Crippen LogP contribution >= 0.6 is 31.9 Å². The Morgan fingerprint density at radius 1 is 0.515 bits per heavy atom. The molecule has 2 heterocycles. The van der Waals surface area contributed by atoms with Crippen LogP contribution in [0.15, 0.2) is 106 Å². The van der Waals surface area contributed by atoms with Gasteiger partial charge in [-0.1, -0.05) is 0 Å². The van der Waals surface area contributed by atoms with Crippen LogP contribution in [0.1, 0.15) is 20.7 Å². The first-order valence-electron chi connectivity index (χ1n) is 10.3. The van der Waals surface area contributed by atoms with Crippen molar-refractivity contribution < 1.29 is 9.59 Å². The molecule has 2 aliphatic heterocycles. The van der Waals surface area contributed by atoms with Crippen LogP contribution in [-0.4, -0.2) is 25.1 Å². The first-order valence-corrected chi connectivity index (χ1v) is 15.1. The van der Waals surface area contributed by atoms with E-state index in [0.29, 0.717) is 11.1 Å². The molecule has 4 nitrogen and oxygen atoms in total. The minimum atomic E-state index is -3.54. The SMILES string of the molecule is O=C1c2ccccc2[Se]2(c3ccccc3C(=O)N2c2ccc(Br)cc2)N1c1ccc(Br)cc1. The third-order valence-electron chi connectivity index (χ3n) is 5.87. The Morgan fingerprint density at radius 2 is 0.879 bits per heavy atom. The number of benzene rings is 4. The van der Waals surface area contributed by atoms with Gasteiger partial charge in [-0.25, -0.2) is 0 Å². The van der Waals surface area contributed by atoms with Crippen molar-refractivity contribution in [3.05, 3.63) is 117 Å². The van der Waals surface area contributed by atoms with E-state index in [2.05, 4.69) is 31.9 Å². The van der Waals surface area contributed by atoms with E-state index in [1.54, 1.807) is 0 Å². The van der Waals surface area contributed by atoms with Crippen molar-refractivity contribution in [2.24, 2.45) is 0 Å². The molecule has 4 aromatic rings. The predicted octanol–water partition coefficient (Wildman–Crippen LogP) is 5.09. The normalized spacial score (nSPS) is 16.8. The summed E-state index contributed by atoms with van der Waals surface area (Å²) >= 11 is 3.46. The summed E-state index contributed by atoms with van der Waals surface area (Å²) in [6.07, 6.45) is 0. The number of rotatable bonds is 2. The van der Waals surface area contributed by atoms with Crippen LogP contribution in [0.2, 0.25) is 0 Å². The monoisotopic (exact) mass is 626 g/mol. The van der Waals surface area contributed by atoms with E-state index >= 15 is 0 Å². The first kappa shape index (κ1) is 20.9. The fourth-order valence-corrected chi connectivity index (χ4v) is 13.8. The van der Waals surface area contributed by atoms with Crippen LogP contribution in [0.3, 0.4) is 0 Å². The van der Waals surface area contributed by atoms with Gasteiger partial charge < -0.3 is 0 Å². The quantitative estimate of drug-likeness (QED) is 0.291. The summed E-state index contributed by atoms with van der Waals surface area (Å²) in [6.45, 7) is 0. The third-order valence-corrected chi connectivity index (χ3v) is 14.8. The molecule has 0 aromatic heterocycles. The Morgan fingerprint density at radius 3 is 1.27 bits per heavy atom. The Labute approximate surface area is 210 Å². The van der Waals surface area contributed by atoms with Crippen LogP contribution in [-0.2, 0) is 0 Å². The van der Waals surface area contributed by atoms with Crippen molar-refractivity contribution in [1.82, 2.24) is 0 Å². The molecule has 0 saturated heterocycles. The van der Waals surface area contributed by atoms with Crippen LogP contribution in [0.5, 0.6) is 0 Å².